The standard InChI is InChI=1S/C35H48O8/c1-7-9-33(38)42-23-31(36)21-40-25(3)19-27-11-15-29(16-12-27)35(5,6)30-17-13-28(14-18-30)20-26(4)41-22-32(37)24-43-34(39)10-8-2/h7-18,25-26,31-32,36-37H,19-24H2,1-6H3. The number of aliphatic hydroxyl groups is 2. The highest BCUT2D eigenvalue weighted by molar-refractivity contribution is 5.82. The van der Waals surface area contributed by atoms with Gasteiger partial charge in [0.2, 0.25) is 0 Å². The molecule has 0 saturated heterocycles. The van der Waals surface area contributed by atoms with E-state index in [0.29, 0.717) is 12.8 Å². The number of esters is 2. The number of benzene rings is 2. The Morgan fingerprint density at radius 2 is 1.02 bits per heavy atom. The Hall–Kier alpha value is -3.30. The van der Waals surface area contributed by atoms with Gasteiger partial charge in [-0.2, -0.15) is 0 Å². The molecular formula is C35H48O8. The van der Waals surface area contributed by atoms with E-state index in [4.69, 9.17) is 18.9 Å². The lowest BCUT2D eigenvalue weighted by Gasteiger charge is -2.27. The van der Waals surface area contributed by atoms with Crippen LogP contribution < -0.4 is 0 Å². The van der Waals surface area contributed by atoms with E-state index in [1.54, 1.807) is 26.0 Å². The van der Waals surface area contributed by atoms with Gasteiger partial charge in [0.05, 0.1) is 25.4 Å². The zero-order valence-electron chi connectivity index (χ0n) is 26.3. The van der Waals surface area contributed by atoms with Crippen LogP contribution >= 0.6 is 0 Å². The van der Waals surface area contributed by atoms with Crippen LogP contribution in [0.25, 0.3) is 0 Å². The Labute approximate surface area is 256 Å². The van der Waals surface area contributed by atoms with Gasteiger partial charge in [-0.15, -0.1) is 0 Å². The molecule has 0 heterocycles. The van der Waals surface area contributed by atoms with Gasteiger partial charge < -0.3 is 29.2 Å². The van der Waals surface area contributed by atoms with Gasteiger partial charge in [0.15, 0.2) is 0 Å². The molecule has 0 aromatic heterocycles. The first-order valence-electron chi connectivity index (χ1n) is 14.8. The Balaban J connectivity index is 1.83. The number of ether oxygens (including phenoxy) is 4. The molecule has 0 aliphatic heterocycles. The Morgan fingerprint density at radius 3 is 1.35 bits per heavy atom. The Bertz CT molecular complexity index is 1080. The molecule has 0 aliphatic rings. The molecule has 43 heavy (non-hydrogen) atoms. The molecule has 4 atom stereocenters. The summed E-state index contributed by atoms with van der Waals surface area (Å²) in [6, 6.07) is 17.0. The van der Waals surface area contributed by atoms with Crippen molar-refractivity contribution in [1.29, 1.82) is 0 Å². The van der Waals surface area contributed by atoms with Crippen molar-refractivity contribution in [2.75, 3.05) is 26.4 Å². The van der Waals surface area contributed by atoms with Gasteiger partial charge in [0.1, 0.15) is 25.4 Å². The van der Waals surface area contributed by atoms with E-state index in [9.17, 15) is 19.8 Å². The third kappa shape index (κ3) is 13.3. The van der Waals surface area contributed by atoms with Gasteiger partial charge >= 0.3 is 11.9 Å². The second kappa shape index (κ2) is 18.4. The normalized spacial score (nSPS) is 14.9. The summed E-state index contributed by atoms with van der Waals surface area (Å²) in [5.41, 5.74) is 4.44. The highest BCUT2D eigenvalue weighted by Gasteiger charge is 2.23. The van der Waals surface area contributed by atoms with E-state index < -0.39 is 24.1 Å². The monoisotopic (exact) mass is 596 g/mol. The van der Waals surface area contributed by atoms with Gasteiger partial charge in [-0.25, -0.2) is 9.59 Å². The van der Waals surface area contributed by atoms with Crippen molar-refractivity contribution in [3.8, 4) is 0 Å². The maximum atomic E-state index is 11.4. The summed E-state index contributed by atoms with van der Waals surface area (Å²) in [6.45, 7) is 11.7. The second-order valence-corrected chi connectivity index (χ2v) is 11.3. The molecule has 2 aromatic carbocycles. The lowest BCUT2D eigenvalue weighted by Crippen LogP contribution is -2.26. The largest absolute Gasteiger partial charge is 0.460 e. The van der Waals surface area contributed by atoms with Crippen LogP contribution in [-0.2, 0) is 46.8 Å². The predicted octanol–water partition coefficient (Wildman–Crippen LogP) is 4.87. The molecule has 2 aromatic rings. The molecule has 0 bridgehead atoms. The number of allylic oxidation sites excluding steroid dienone is 2. The zero-order chi connectivity index (χ0) is 31.8. The molecule has 0 saturated carbocycles. The fourth-order valence-electron chi connectivity index (χ4n) is 4.44. The summed E-state index contributed by atoms with van der Waals surface area (Å²) in [6.07, 6.45) is 5.21. The number of hydrogen-bond acceptors (Lipinski definition) is 8. The van der Waals surface area contributed by atoms with Crippen molar-refractivity contribution in [3.63, 3.8) is 0 Å². The third-order valence-electron chi connectivity index (χ3n) is 6.99. The number of carbonyl (C=O) groups excluding carboxylic acids is 2. The molecule has 8 heteroatoms. The highest BCUT2D eigenvalue weighted by atomic mass is 16.6. The van der Waals surface area contributed by atoms with Crippen molar-refractivity contribution in [2.45, 2.75) is 84.2 Å². The maximum absolute atomic E-state index is 11.4. The fraction of sp³-hybridized carbons (Fsp3) is 0.486. The molecule has 8 nitrogen and oxygen atoms in total. The molecule has 0 spiro atoms. The van der Waals surface area contributed by atoms with Crippen LogP contribution in [0, 0.1) is 0 Å². The van der Waals surface area contributed by atoms with Crippen LogP contribution in [0.3, 0.4) is 0 Å². The maximum Gasteiger partial charge on any atom is 0.330 e. The Morgan fingerprint density at radius 1 is 0.674 bits per heavy atom. The van der Waals surface area contributed by atoms with Crippen LogP contribution in [0.2, 0.25) is 0 Å². The molecule has 4 unspecified atom stereocenters. The minimum Gasteiger partial charge on any atom is -0.460 e. The van der Waals surface area contributed by atoms with E-state index in [1.165, 1.54) is 23.3 Å². The van der Waals surface area contributed by atoms with E-state index in [0.717, 1.165) is 11.1 Å². The van der Waals surface area contributed by atoms with Crippen molar-refractivity contribution in [1.82, 2.24) is 0 Å². The molecular weight excluding hydrogens is 548 g/mol. The summed E-state index contributed by atoms with van der Waals surface area (Å²) in [7, 11) is 0. The summed E-state index contributed by atoms with van der Waals surface area (Å²) in [5.74, 6) is -0.964. The van der Waals surface area contributed by atoms with E-state index in [1.807, 2.05) is 13.8 Å². The highest BCUT2D eigenvalue weighted by Crippen LogP contribution is 2.32. The minimum absolute atomic E-state index is 0.0898. The average Bonchev–Trinajstić information content (AvgIpc) is 2.98. The molecule has 0 fully saturated rings. The zero-order valence-corrected chi connectivity index (χ0v) is 26.3. The minimum atomic E-state index is -0.874. The summed E-state index contributed by atoms with van der Waals surface area (Å²) in [5, 5.41) is 20.0. The van der Waals surface area contributed by atoms with Crippen molar-refractivity contribution >= 4 is 11.9 Å². The van der Waals surface area contributed by atoms with Gasteiger partial charge in [0.25, 0.3) is 0 Å². The Kier molecular flexibility index (Phi) is 15.3. The van der Waals surface area contributed by atoms with Gasteiger partial charge in [0, 0.05) is 17.6 Å². The van der Waals surface area contributed by atoms with Gasteiger partial charge in [-0.1, -0.05) is 74.5 Å². The number of rotatable bonds is 18. The van der Waals surface area contributed by atoms with Crippen molar-refractivity contribution < 1.29 is 38.7 Å². The van der Waals surface area contributed by atoms with Crippen LogP contribution in [0.15, 0.2) is 72.8 Å². The summed E-state index contributed by atoms with van der Waals surface area (Å²) >= 11 is 0. The molecule has 0 amide bonds. The third-order valence-corrected chi connectivity index (χ3v) is 6.99. The lowest BCUT2D eigenvalue weighted by molar-refractivity contribution is -0.143. The number of carbonyl (C=O) groups is 2. The molecule has 0 radical (unpaired) electrons. The summed E-state index contributed by atoms with van der Waals surface area (Å²) in [4.78, 5) is 22.7. The second-order valence-electron chi connectivity index (χ2n) is 11.3. The van der Waals surface area contributed by atoms with Crippen LogP contribution in [0.5, 0.6) is 0 Å². The molecule has 2 N–H and O–H groups in total. The topological polar surface area (TPSA) is 112 Å². The lowest BCUT2D eigenvalue weighted by atomic mass is 9.77. The number of aliphatic hydroxyl groups excluding tert-OH is 2. The average molecular weight is 597 g/mol. The van der Waals surface area contributed by atoms with Gasteiger partial charge in [-0.3, -0.25) is 0 Å². The quantitative estimate of drug-likeness (QED) is 0.185. The first-order valence-corrected chi connectivity index (χ1v) is 14.8. The van der Waals surface area contributed by atoms with E-state index in [-0.39, 0.29) is 44.1 Å². The van der Waals surface area contributed by atoms with Crippen molar-refractivity contribution in [3.05, 3.63) is 95.1 Å². The first kappa shape index (κ1) is 35.9. The van der Waals surface area contributed by atoms with Crippen LogP contribution in [0.1, 0.15) is 63.8 Å². The molecule has 0 aliphatic carbocycles. The fourth-order valence-corrected chi connectivity index (χ4v) is 4.44. The number of hydrogen-bond donors (Lipinski definition) is 2. The summed E-state index contributed by atoms with van der Waals surface area (Å²) < 4.78 is 21.4. The van der Waals surface area contributed by atoms with Crippen LogP contribution in [-0.4, -0.2) is 73.0 Å². The first-order chi connectivity index (χ1) is 20.4. The van der Waals surface area contributed by atoms with E-state index >= 15 is 0 Å². The van der Waals surface area contributed by atoms with Crippen molar-refractivity contribution in [2.24, 2.45) is 0 Å². The molecule has 236 valence electrons. The smallest absolute Gasteiger partial charge is 0.330 e. The van der Waals surface area contributed by atoms with E-state index in [2.05, 4.69) is 62.4 Å². The van der Waals surface area contributed by atoms with Crippen LogP contribution in [0.4, 0.5) is 0 Å². The molecule has 2 rings (SSSR count). The predicted molar refractivity (Wildman–Crippen MR) is 167 cm³/mol. The SMILES string of the molecule is CC=CC(=O)OCC(O)COC(C)Cc1ccc(C(C)(C)c2ccc(CC(C)OCC(O)COC(=O)C=CC)cc2)cc1. The van der Waals surface area contributed by atoms with Gasteiger partial charge in [-0.05, 0) is 62.8 Å².